The number of rotatable bonds is 2. The monoisotopic (exact) mass is 177 g/mol. The second-order valence-electron chi connectivity index (χ2n) is 2.53. The van der Waals surface area contributed by atoms with Crippen LogP contribution >= 0.6 is 12.2 Å². The molecule has 0 spiro atoms. The molecule has 1 nitrogen and oxygen atoms in total. The molecule has 0 aliphatic heterocycles. The van der Waals surface area contributed by atoms with E-state index in [2.05, 4.69) is 11.9 Å². The van der Waals surface area contributed by atoms with Crippen molar-refractivity contribution >= 4 is 22.9 Å². The molecule has 0 saturated heterocycles. The molecule has 0 amide bonds. The molecule has 62 valence electrons. The van der Waals surface area contributed by atoms with E-state index in [1.807, 2.05) is 37.3 Å². The maximum Gasteiger partial charge on any atom is 0.0765 e. The molecule has 0 aliphatic rings. The van der Waals surface area contributed by atoms with Crippen LogP contribution in [0.2, 0.25) is 0 Å². The Kier molecular flexibility index (Phi) is 3.00. The maximum atomic E-state index is 4.90. The molecule has 0 atom stereocenters. The normalized spacial score (nSPS) is 9.08. The SMILES string of the molecule is C=C(NC(C)=S)c1ccccc1. The van der Waals surface area contributed by atoms with Crippen molar-refractivity contribution in [3.8, 4) is 0 Å². The van der Waals surface area contributed by atoms with E-state index in [-0.39, 0.29) is 0 Å². The van der Waals surface area contributed by atoms with Crippen LogP contribution in [0.4, 0.5) is 0 Å². The highest BCUT2D eigenvalue weighted by molar-refractivity contribution is 7.80. The molecular formula is C10H11NS. The van der Waals surface area contributed by atoms with E-state index in [0.29, 0.717) is 0 Å². The Morgan fingerprint density at radius 3 is 2.42 bits per heavy atom. The first-order valence-corrected chi connectivity index (χ1v) is 4.13. The standard InChI is InChI=1S/C10H11NS/c1-8(11-9(2)12)10-6-4-3-5-7-10/h3-7H,1H2,2H3,(H,11,12). The number of thiocarbonyl (C=S) groups is 1. The van der Waals surface area contributed by atoms with Gasteiger partial charge in [-0.25, -0.2) is 0 Å². The molecule has 0 aliphatic carbocycles. The number of hydrogen-bond donors (Lipinski definition) is 1. The van der Waals surface area contributed by atoms with Crippen molar-refractivity contribution in [3.05, 3.63) is 42.5 Å². The lowest BCUT2D eigenvalue weighted by Crippen LogP contribution is -2.15. The Balaban J connectivity index is 2.73. The Labute approximate surface area is 78.1 Å². The number of hydrogen-bond acceptors (Lipinski definition) is 1. The fourth-order valence-electron chi connectivity index (χ4n) is 0.924. The minimum atomic E-state index is 0.740. The molecule has 0 fully saturated rings. The molecule has 0 unspecified atom stereocenters. The van der Waals surface area contributed by atoms with Gasteiger partial charge in [0.05, 0.1) is 4.99 Å². The first-order chi connectivity index (χ1) is 5.70. The first-order valence-electron chi connectivity index (χ1n) is 3.72. The molecule has 0 bridgehead atoms. The van der Waals surface area contributed by atoms with Crippen LogP contribution in [0.3, 0.4) is 0 Å². The minimum Gasteiger partial charge on any atom is -0.350 e. The summed E-state index contributed by atoms with van der Waals surface area (Å²) >= 11 is 4.90. The lowest BCUT2D eigenvalue weighted by molar-refractivity contribution is 1.32. The summed E-state index contributed by atoms with van der Waals surface area (Å²) in [7, 11) is 0. The zero-order valence-electron chi connectivity index (χ0n) is 7.00. The largest absolute Gasteiger partial charge is 0.350 e. The van der Waals surface area contributed by atoms with E-state index in [1.165, 1.54) is 0 Å². The molecule has 2 heteroatoms. The van der Waals surface area contributed by atoms with Crippen LogP contribution in [-0.4, -0.2) is 4.99 Å². The second-order valence-corrected chi connectivity index (χ2v) is 3.14. The number of nitrogens with one attached hydrogen (secondary N) is 1. The van der Waals surface area contributed by atoms with Crippen LogP contribution < -0.4 is 5.32 Å². The zero-order chi connectivity index (χ0) is 8.97. The second kappa shape index (κ2) is 4.02. The van der Waals surface area contributed by atoms with Crippen LogP contribution in [0.15, 0.2) is 36.9 Å². The van der Waals surface area contributed by atoms with Crippen molar-refractivity contribution in [3.63, 3.8) is 0 Å². The van der Waals surface area contributed by atoms with Gasteiger partial charge in [0, 0.05) is 5.70 Å². The van der Waals surface area contributed by atoms with Gasteiger partial charge in [-0.2, -0.15) is 0 Å². The molecule has 0 radical (unpaired) electrons. The van der Waals surface area contributed by atoms with Gasteiger partial charge in [-0.15, -0.1) is 0 Å². The van der Waals surface area contributed by atoms with Gasteiger partial charge < -0.3 is 5.32 Å². The van der Waals surface area contributed by atoms with E-state index in [0.717, 1.165) is 16.2 Å². The molecule has 0 aromatic heterocycles. The summed E-state index contributed by atoms with van der Waals surface area (Å²) in [5, 5.41) is 3.00. The van der Waals surface area contributed by atoms with E-state index in [1.54, 1.807) is 0 Å². The van der Waals surface area contributed by atoms with Gasteiger partial charge in [-0.05, 0) is 12.5 Å². The molecule has 0 heterocycles. The summed E-state index contributed by atoms with van der Waals surface area (Å²) in [5.41, 5.74) is 1.92. The fourth-order valence-corrected chi connectivity index (χ4v) is 1.05. The van der Waals surface area contributed by atoms with E-state index in [9.17, 15) is 0 Å². The van der Waals surface area contributed by atoms with Crippen molar-refractivity contribution in [2.75, 3.05) is 0 Å². The third kappa shape index (κ3) is 2.47. The molecule has 1 aromatic carbocycles. The predicted molar refractivity (Wildman–Crippen MR) is 56.9 cm³/mol. The molecule has 12 heavy (non-hydrogen) atoms. The summed E-state index contributed by atoms with van der Waals surface area (Å²) in [6, 6.07) is 9.91. The van der Waals surface area contributed by atoms with Gasteiger partial charge in [0.15, 0.2) is 0 Å². The van der Waals surface area contributed by atoms with Crippen LogP contribution in [-0.2, 0) is 0 Å². The van der Waals surface area contributed by atoms with Gasteiger partial charge in [0.1, 0.15) is 0 Å². The van der Waals surface area contributed by atoms with Gasteiger partial charge in [0.2, 0.25) is 0 Å². The van der Waals surface area contributed by atoms with Crippen molar-refractivity contribution in [1.82, 2.24) is 5.32 Å². The quantitative estimate of drug-likeness (QED) is 0.697. The van der Waals surface area contributed by atoms with Crippen molar-refractivity contribution in [2.45, 2.75) is 6.92 Å². The van der Waals surface area contributed by atoms with Crippen LogP contribution in [0.5, 0.6) is 0 Å². The van der Waals surface area contributed by atoms with Crippen LogP contribution in [0.1, 0.15) is 12.5 Å². The summed E-state index contributed by atoms with van der Waals surface area (Å²) in [6.45, 7) is 5.70. The average molecular weight is 177 g/mol. The van der Waals surface area contributed by atoms with Crippen LogP contribution in [0.25, 0.3) is 5.70 Å². The summed E-state index contributed by atoms with van der Waals surface area (Å²) in [4.78, 5) is 0.740. The van der Waals surface area contributed by atoms with Crippen molar-refractivity contribution in [1.29, 1.82) is 0 Å². The number of benzene rings is 1. The first kappa shape index (κ1) is 8.94. The summed E-state index contributed by atoms with van der Waals surface area (Å²) < 4.78 is 0. The maximum absolute atomic E-state index is 4.90. The Morgan fingerprint density at radius 1 is 1.33 bits per heavy atom. The fraction of sp³-hybridized carbons (Fsp3) is 0.100. The summed E-state index contributed by atoms with van der Waals surface area (Å²) in [5.74, 6) is 0. The van der Waals surface area contributed by atoms with Gasteiger partial charge >= 0.3 is 0 Å². The van der Waals surface area contributed by atoms with Gasteiger partial charge in [-0.3, -0.25) is 0 Å². The molecule has 1 rings (SSSR count). The third-order valence-corrected chi connectivity index (χ3v) is 1.55. The minimum absolute atomic E-state index is 0.740. The van der Waals surface area contributed by atoms with E-state index in [4.69, 9.17) is 12.2 Å². The molecule has 0 saturated carbocycles. The van der Waals surface area contributed by atoms with E-state index < -0.39 is 0 Å². The highest BCUT2D eigenvalue weighted by atomic mass is 32.1. The van der Waals surface area contributed by atoms with Gasteiger partial charge in [-0.1, -0.05) is 49.1 Å². The lowest BCUT2D eigenvalue weighted by Gasteiger charge is -2.06. The smallest absolute Gasteiger partial charge is 0.0765 e. The zero-order valence-corrected chi connectivity index (χ0v) is 7.82. The third-order valence-electron chi connectivity index (χ3n) is 1.45. The Morgan fingerprint density at radius 2 is 1.92 bits per heavy atom. The Bertz CT molecular complexity index is 290. The summed E-state index contributed by atoms with van der Waals surface area (Å²) in [6.07, 6.45) is 0. The molecular weight excluding hydrogens is 166 g/mol. The van der Waals surface area contributed by atoms with Crippen molar-refractivity contribution < 1.29 is 0 Å². The van der Waals surface area contributed by atoms with Crippen LogP contribution in [0, 0.1) is 0 Å². The van der Waals surface area contributed by atoms with E-state index >= 15 is 0 Å². The van der Waals surface area contributed by atoms with Crippen molar-refractivity contribution in [2.24, 2.45) is 0 Å². The highest BCUT2D eigenvalue weighted by Crippen LogP contribution is 2.07. The lowest BCUT2D eigenvalue weighted by atomic mass is 10.2. The molecule has 1 N–H and O–H groups in total. The van der Waals surface area contributed by atoms with Gasteiger partial charge in [0.25, 0.3) is 0 Å². The Hall–Kier alpha value is -1.15. The molecule has 1 aromatic rings. The average Bonchev–Trinajstić information content (AvgIpc) is 2.05. The predicted octanol–water partition coefficient (Wildman–Crippen LogP) is 2.59. The highest BCUT2D eigenvalue weighted by Gasteiger charge is 1.95. The topological polar surface area (TPSA) is 12.0 Å².